The number of carbonyl (C=O) groups is 2. The number of Topliss-reactive ketones (excluding diaryl/α,β-unsaturated/α-hetero) is 1. The third-order valence-electron chi connectivity index (χ3n) is 4.34. The second-order valence-corrected chi connectivity index (χ2v) is 6.69. The van der Waals surface area contributed by atoms with Crippen molar-refractivity contribution in [3.05, 3.63) is 42.0 Å². The van der Waals surface area contributed by atoms with Crippen molar-refractivity contribution in [2.75, 3.05) is 20.8 Å². The van der Waals surface area contributed by atoms with Gasteiger partial charge in [0.1, 0.15) is 0 Å². The van der Waals surface area contributed by atoms with Crippen molar-refractivity contribution in [1.82, 2.24) is 0 Å². The van der Waals surface area contributed by atoms with E-state index in [4.69, 9.17) is 14.2 Å². The Kier molecular flexibility index (Phi) is 11.4. The van der Waals surface area contributed by atoms with Gasteiger partial charge in [-0.05, 0) is 49.1 Å². The van der Waals surface area contributed by atoms with Crippen LogP contribution in [0.1, 0.15) is 57.4 Å². The number of hydrogen-bond donors (Lipinski definition) is 0. The lowest BCUT2D eigenvalue weighted by Gasteiger charge is -2.07. The van der Waals surface area contributed by atoms with E-state index in [9.17, 15) is 9.59 Å². The zero-order chi connectivity index (χ0) is 20.8. The quantitative estimate of drug-likeness (QED) is 0.251. The largest absolute Gasteiger partial charge is 0.493 e. The van der Waals surface area contributed by atoms with Crippen molar-refractivity contribution >= 4 is 17.8 Å². The van der Waals surface area contributed by atoms with Gasteiger partial charge in [-0.2, -0.15) is 0 Å². The summed E-state index contributed by atoms with van der Waals surface area (Å²) >= 11 is 0. The molecule has 0 heterocycles. The van der Waals surface area contributed by atoms with Crippen LogP contribution in [-0.4, -0.2) is 32.6 Å². The number of carbonyl (C=O) groups excluding carboxylic acids is 2. The summed E-state index contributed by atoms with van der Waals surface area (Å²) in [5, 5.41) is 0. The molecule has 0 aliphatic rings. The van der Waals surface area contributed by atoms with Gasteiger partial charge in [0.15, 0.2) is 17.3 Å². The van der Waals surface area contributed by atoms with Crippen LogP contribution in [-0.2, 0) is 14.3 Å². The highest BCUT2D eigenvalue weighted by Crippen LogP contribution is 2.27. The number of ketones is 1. The van der Waals surface area contributed by atoms with Gasteiger partial charge in [0.2, 0.25) is 0 Å². The number of benzene rings is 1. The number of hydrogen-bond acceptors (Lipinski definition) is 5. The molecule has 1 rings (SSSR count). The van der Waals surface area contributed by atoms with E-state index in [1.54, 1.807) is 39.4 Å². The van der Waals surface area contributed by atoms with Crippen LogP contribution in [0.3, 0.4) is 0 Å². The number of esters is 1. The van der Waals surface area contributed by atoms with Crippen LogP contribution >= 0.6 is 0 Å². The minimum absolute atomic E-state index is 0.160. The number of unbranched alkanes of at least 4 members (excludes halogenated alkanes) is 5. The molecule has 0 spiro atoms. The van der Waals surface area contributed by atoms with Crippen molar-refractivity contribution in [2.45, 2.75) is 51.9 Å². The maximum atomic E-state index is 11.8. The molecule has 0 saturated heterocycles. The lowest BCUT2D eigenvalue weighted by Crippen LogP contribution is -2.02. The highest BCUT2D eigenvalue weighted by Gasteiger charge is 2.04. The highest BCUT2D eigenvalue weighted by molar-refractivity contribution is 5.94. The third-order valence-corrected chi connectivity index (χ3v) is 4.34. The summed E-state index contributed by atoms with van der Waals surface area (Å²) < 4.78 is 15.6. The fourth-order valence-electron chi connectivity index (χ4n) is 2.65. The van der Waals surface area contributed by atoms with Crippen LogP contribution in [0.25, 0.3) is 6.08 Å². The molecule has 0 atom stereocenters. The molecule has 0 fully saturated rings. The molecule has 0 radical (unpaired) electrons. The molecule has 0 unspecified atom stereocenters. The Bertz CT molecular complexity index is 676. The van der Waals surface area contributed by atoms with E-state index >= 15 is 0 Å². The number of rotatable bonds is 14. The smallest absolute Gasteiger partial charge is 0.330 e. The van der Waals surface area contributed by atoms with Crippen molar-refractivity contribution in [3.8, 4) is 11.5 Å². The van der Waals surface area contributed by atoms with Gasteiger partial charge < -0.3 is 14.2 Å². The van der Waals surface area contributed by atoms with Gasteiger partial charge in [0, 0.05) is 12.5 Å². The predicted octanol–water partition coefficient (Wildman–Crippen LogP) is 5.14. The lowest BCUT2D eigenvalue weighted by molar-refractivity contribution is -0.137. The van der Waals surface area contributed by atoms with Gasteiger partial charge in [0.05, 0.1) is 20.8 Å². The molecule has 0 aromatic heterocycles. The molecule has 0 amide bonds. The monoisotopic (exact) mass is 388 g/mol. The van der Waals surface area contributed by atoms with Crippen molar-refractivity contribution in [2.24, 2.45) is 0 Å². The first-order valence-corrected chi connectivity index (χ1v) is 9.73. The molecule has 0 bridgehead atoms. The van der Waals surface area contributed by atoms with Crippen molar-refractivity contribution in [3.63, 3.8) is 0 Å². The Morgan fingerprint density at radius 1 is 0.964 bits per heavy atom. The molecule has 1 aromatic carbocycles. The molecule has 0 N–H and O–H groups in total. The molecule has 5 nitrogen and oxygen atoms in total. The maximum absolute atomic E-state index is 11.8. The van der Waals surface area contributed by atoms with Crippen LogP contribution in [0.5, 0.6) is 11.5 Å². The Morgan fingerprint density at radius 3 is 2.25 bits per heavy atom. The SMILES string of the molecule is C=C(C)C(=O)CCCCCCCCOC(=O)/C=C/c1ccc(OC)c(OC)c1. The fraction of sp³-hybridized carbons (Fsp3) is 0.478. The third kappa shape index (κ3) is 9.40. The van der Waals surface area contributed by atoms with E-state index < -0.39 is 0 Å². The standard InChI is InChI=1S/C23H32O5/c1-18(2)20(24)11-9-7-5-6-8-10-16-28-23(25)15-13-19-12-14-21(26-3)22(17-19)27-4/h12-15,17H,1,5-11,16H2,2-4H3/b15-13+. The van der Waals surface area contributed by atoms with Crippen LogP contribution in [0.4, 0.5) is 0 Å². The zero-order valence-electron chi connectivity index (χ0n) is 17.3. The van der Waals surface area contributed by atoms with Crippen molar-refractivity contribution < 1.29 is 23.8 Å². The summed E-state index contributed by atoms with van der Waals surface area (Å²) in [6, 6.07) is 5.43. The van der Waals surface area contributed by atoms with E-state index in [1.165, 1.54) is 6.08 Å². The van der Waals surface area contributed by atoms with E-state index in [2.05, 4.69) is 6.58 Å². The molecular weight excluding hydrogens is 356 g/mol. The molecule has 0 saturated carbocycles. The lowest BCUT2D eigenvalue weighted by atomic mass is 10.1. The Balaban J connectivity index is 2.15. The molecule has 0 aliphatic carbocycles. The minimum atomic E-state index is -0.354. The first-order chi connectivity index (χ1) is 13.5. The summed E-state index contributed by atoms with van der Waals surface area (Å²) in [5.74, 6) is 1.06. The predicted molar refractivity (Wildman–Crippen MR) is 112 cm³/mol. The van der Waals surface area contributed by atoms with E-state index in [0.717, 1.165) is 44.1 Å². The topological polar surface area (TPSA) is 61.8 Å². The van der Waals surface area contributed by atoms with E-state index in [0.29, 0.717) is 30.1 Å². The average molecular weight is 389 g/mol. The van der Waals surface area contributed by atoms with Gasteiger partial charge in [0.25, 0.3) is 0 Å². The van der Waals surface area contributed by atoms with Gasteiger partial charge in [-0.3, -0.25) is 4.79 Å². The summed E-state index contributed by atoms with van der Waals surface area (Å²) in [6.45, 7) is 5.83. The Labute approximate surface area is 168 Å². The van der Waals surface area contributed by atoms with E-state index in [-0.39, 0.29) is 11.8 Å². The van der Waals surface area contributed by atoms with Gasteiger partial charge in [-0.15, -0.1) is 0 Å². The Hall–Kier alpha value is -2.56. The molecule has 5 heteroatoms. The first-order valence-electron chi connectivity index (χ1n) is 9.73. The normalized spacial score (nSPS) is 10.7. The van der Waals surface area contributed by atoms with Gasteiger partial charge in [-0.25, -0.2) is 4.79 Å². The molecule has 1 aromatic rings. The molecule has 0 aliphatic heterocycles. The Morgan fingerprint density at radius 2 is 1.61 bits per heavy atom. The number of methoxy groups -OCH3 is 2. The summed E-state index contributed by atoms with van der Waals surface area (Å²) in [5.41, 5.74) is 1.47. The molecule has 28 heavy (non-hydrogen) atoms. The fourth-order valence-corrected chi connectivity index (χ4v) is 2.65. The maximum Gasteiger partial charge on any atom is 0.330 e. The second-order valence-electron chi connectivity index (χ2n) is 6.69. The van der Waals surface area contributed by atoms with Gasteiger partial charge in [-0.1, -0.05) is 38.3 Å². The average Bonchev–Trinajstić information content (AvgIpc) is 2.70. The van der Waals surface area contributed by atoms with Crippen LogP contribution < -0.4 is 9.47 Å². The highest BCUT2D eigenvalue weighted by atomic mass is 16.5. The van der Waals surface area contributed by atoms with Crippen LogP contribution in [0, 0.1) is 0 Å². The summed E-state index contributed by atoms with van der Waals surface area (Å²) in [4.78, 5) is 23.2. The first kappa shape index (κ1) is 23.5. The van der Waals surface area contributed by atoms with Crippen molar-refractivity contribution in [1.29, 1.82) is 0 Å². The van der Waals surface area contributed by atoms with Crippen LogP contribution in [0.15, 0.2) is 36.4 Å². The van der Waals surface area contributed by atoms with Gasteiger partial charge >= 0.3 is 5.97 Å². The summed E-state index contributed by atoms with van der Waals surface area (Å²) in [7, 11) is 3.15. The van der Waals surface area contributed by atoms with Crippen LogP contribution in [0.2, 0.25) is 0 Å². The minimum Gasteiger partial charge on any atom is -0.493 e. The number of allylic oxidation sites excluding steroid dienone is 1. The molecular formula is C23H32O5. The van der Waals surface area contributed by atoms with E-state index in [1.807, 2.05) is 6.07 Å². The zero-order valence-corrected chi connectivity index (χ0v) is 17.3. The number of ether oxygens (including phenoxy) is 3. The summed E-state index contributed by atoms with van der Waals surface area (Å²) in [6.07, 6.45) is 9.71. The second kappa shape index (κ2) is 13.6. The molecule has 154 valence electrons.